The summed E-state index contributed by atoms with van der Waals surface area (Å²) >= 11 is 0. The Morgan fingerprint density at radius 2 is 2.26 bits per heavy atom. The molecule has 0 spiro atoms. The summed E-state index contributed by atoms with van der Waals surface area (Å²) < 4.78 is 2.02. The molecule has 2 aliphatic rings. The van der Waals surface area contributed by atoms with Crippen molar-refractivity contribution in [1.29, 1.82) is 0 Å². The van der Waals surface area contributed by atoms with Crippen LogP contribution in [0.15, 0.2) is 6.33 Å². The Balaban J connectivity index is 1.60. The lowest BCUT2D eigenvalue weighted by molar-refractivity contribution is 0.223. The third kappa shape index (κ3) is 3.54. The van der Waals surface area contributed by atoms with Gasteiger partial charge in [-0.25, -0.2) is 9.67 Å². The second-order valence-electron chi connectivity index (χ2n) is 5.92. The van der Waals surface area contributed by atoms with Gasteiger partial charge < -0.3 is 5.32 Å². The lowest BCUT2D eigenvalue weighted by atomic mass is 10.2. The van der Waals surface area contributed by atoms with Gasteiger partial charge >= 0.3 is 0 Å². The molecule has 1 N–H and O–H groups in total. The number of aromatic nitrogens is 3. The molecule has 0 bridgehead atoms. The van der Waals surface area contributed by atoms with E-state index in [0.717, 1.165) is 31.4 Å². The molecule has 3 rings (SSSR count). The fraction of sp³-hybridized carbons (Fsp3) is 0.857. The second kappa shape index (κ2) is 6.01. The average molecular weight is 263 g/mol. The van der Waals surface area contributed by atoms with Crippen LogP contribution in [-0.2, 0) is 13.1 Å². The molecule has 1 saturated heterocycles. The first-order valence-corrected chi connectivity index (χ1v) is 7.67. The van der Waals surface area contributed by atoms with Crippen molar-refractivity contribution in [3.63, 3.8) is 0 Å². The third-order valence-corrected chi connectivity index (χ3v) is 4.21. The molecule has 1 unspecified atom stereocenters. The van der Waals surface area contributed by atoms with Gasteiger partial charge in [0.05, 0.1) is 6.54 Å². The first kappa shape index (κ1) is 13.1. The van der Waals surface area contributed by atoms with E-state index in [1.807, 2.05) is 4.68 Å². The Hall–Kier alpha value is -0.940. The van der Waals surface area contributed by atoms with Gasteiger partial charge in [-0.15, -0.1) is 0 Å². The quantitative estimate of drug-likeness (QED) is 0.804. The van der Waals surface area contributed by atoms with Gasteiger partial charge in [-0.1, -0.05) is 0 Å². The second-order valence-corrected chi connectivity index (χ2v) is 5.92. The molecular formula is C14H25N5. The maximum absolute atomic E-state index is 4.42. The van der Waals surface area contributed by atoms with Crippen LogP contribution in [0, 0.1) is 5.92 Å². The van der Waals surface area contributed by atoms with Gasteiger partial charge in [-0.3, -0.25) is 4.90 Å². The van der Waals surface area contributed by atoms with E-state index in [1.165, 1.54) is 38.8 Å². The molecule has 1 aliphatic carbocycles. The minimum Gasteiger partial charge on any atom is -0.313 e. The summed E-state index contributed by atoms with van der Waals surface area (Å²) in [6, 6.07) is 0.678. The van der Waals surface area contributed by atoms with E-state index in [2.05, 4.69) is 27.2 Å². The van der Waals surface area contributed by atoms with E-state index in [1.54, 1.807) is 6.33 Å². The third-order valence-electron chi connectivity index (χ3n) is 4.21. The molecule has 0 amide bonds. The van der Waals surface area contributed by atoms with Gasteiger partial charge in [0.25, 0.3) is 0 Å². The number of hydrogen-bond acceptors (Lipinski definition) is 4. The molecule has 1 aliphatic heterocycles. The standard InChI is InChI=1S/C14H25N5/c1-2-19-14(16-11-17-19)10-18(8-12-5-6-12)9-13-4-3-7-15-13/h11-13,15H,2-10H2,1H3. The Labute approximate surface area is 115 Å². The highest BCUT2D eigenvalue weighted by molar-refractivity contribution is 4.89. The maximum Gasteiger partial charge on any atom is 0.140 e. The fourth-order valence-electron chi connectivity index (χ4n) is 2.97. The van der Waals surface area contributed by atoms with Crippen LogP contribution in [0.25, 0.3) is 0 Å². The molecule has 2 fully saturated rings. The van der Waals surface area contributed by atoms with E-state index in [4.69, 9.17) is 0 Å². The van der Waals surface area contributed by atoms with Crippen molar-refractivity contribution < 1.29 is 0 Å². The molecule has 0 radical (unpaired) electrons. The zero-order valence-corrected chi connectivity index (χ0v) is 11.9. The normalized spacial score (nSPS) is 23.4. The van der Waals surface area contributed by atoms with Crippen LogP contribution >= 0.6 is 0 Å². The summed E-state index contributed by atoms with van der Waals surface area (Å²) in [6.07, 6.45) is 7.15. The van der Waals surface area contributed by atoms with E-state index in [9.17, 15) is 0 Å². The van der Waals surface area contributed by atoms with E-state index < -0.39 is 0 Å². The van der Waals surface area contributed by atoms with E-state index in [-0.39, 0.29) is 0 Å². The number of nitrogens with one attached hydrogen (secondary N) is 1. The van der Waals surface area contributed by atoms with Crippen LogP contribution in [0.2, 0.25) is 0 Å². The predicted molar refractivity (Wildman–Crippen MR) is 74.7 cm³/mol. The van der Waals surface area contributed by atoms with Crippen LogP contribution in [-0.4, -0.2) is 45.3 Å². The van der Waals surface area contributed by atoms with Gasteiger partial charge in [0.1, 0.15) is 12.2 Å². The van der Waals surface area contributed by atoms with Crippen molar-refractivity contribution in [2.75, 3.05) is 19.6 Å². The molecular weight excluding hydrogens is 238 g/mol. The van der Waals surface area contributed by atoms with Gasteiger partial charge in [-0.2, -0.15) is 5.10 Å². The molecule has 1 aromatic heterocycles. The summed E-state index contributed by atoms with van der Waals surface area (Å²) in [6.45, 7) is 7.56. The molecule has 5 nitrogen and oxygen atoms in total. The van der Waals surface area contributed by atoms with Gasteiger partial charge in [-0.05, 0) is 45.1 Å². The Morgan fingerprint density at radius 1 is 1.37 bits per heavy atom. The lowest BCUT2D eigenvalue weighted by Crippen LogP contribution is -2.38. The van der Waals surface area contributed by atoms with Crippen molar-refractivity contribution in [1.82, 2.24) is 25.0 Å². The smallest absolute Gasteiger partial charge is 0.140 e. The minimum atomic E-state index is 0.678. The summed E-state index contributed by atoms with van der Waals surface area (Å²) in [7, 11) is 0. The lowest BCUT2D eigenvalue weighted by Gasteiger charge is -2.25. The highest BCUT2D eigenvalue weighted by atomic mass is 15.3. The minimum absolute atomic E-state index is 0.678. The zero-order valence-electron chi connectivity index (χ0n) is 11.9. The summed E-state index contributed by atoms with van der Waals surface area (Å²) in [5.74, 6) is 2.04. The summed E-state index contributed by atoms with van der Waals surface area (Å²) in [4.78, 5) is 7.00. The predicted octanol–water partition coefficient (Wildman–Crippen LogP) is 1.26. The Kier molecular flexibility index (Phi) is 4.13. The summed E-state index contributed by atoms with van der Waals surface area (Å²) in [5, 5.41) is 7.88. The van der Waals surface area contributed by atoms with Crippen LogP contribution in [0.4, 0.5) is 0 Å². The van der Waals surface area contributed by atoms with Crippen molar-refractivity contribution in [3.05, 3.63) is 12.2 Å². The number of nitrogens with zero attached hydrogens (tertiary/aromatic N) is 4. The van der Waals surface area contributed by atoms with Crippen LogP contribution < -0.4 is 5.32 Å². The molecule has 0 aromatic carbocycles. The van der Waals surface area contributed by atoms with E-state index in [0.29, 0.717) is 6.04 Å². The molecule has 1 aromatic rings. The monoisotopic (exact) mass is 263 g/mol. The number of aryl methyl sites for hydroxylation is 1. The molecule has 2 heterocycles. The first-order chi connectivity index (χ1) is 9.35. The zero-order chi connectivity index (χ0) is 13.1. The van der Waals surface area contributed by atoms with Gasteiger partial charge in [0.2, 0.25) is 0 Å². The highest BCUT2D eigenvalue weighted by Gasteiger charge is 2.27. The summed E-state index contributed by atoms with van der Waals surface area (Å²) in [5.41, 5.74) is 0. The van der Waals surface area contributed by atoms with Gasteiger partial charge in [0, 0.05) is 25.7 Å². The van der Waals surface area contributed by atoms with Crippen molar-refractivity contribution in [2.24, 2.45) is 5.92 Å². The van der Waals surface area contributed by atoms with Crippen molar-refractivity contribution >= 4 is 0 Å². The first-order valence-electron chi connectivity index (χ1n) is 7.67. The molecule has 1 atom stereocenters. The highest BCUT2D eigenvalue weighted by Crippen LogP contribution is 2.30. The van der Waals surface area contributed by atoms with Gasteiger partial charge in [0.15, 0.2) is 0 Å². The van der Waals surface area contributed by atoms with Crippen LogP contribution in [0.5, 0.6) is 0 Å². The van der Waals surface area contributed by atoms with Crippen LogP contribution in [0.3, 0.4) is 0 Å². The molecule has 1 saturated carbocycles. The molecule has 19 heavy (non-hydrogen) atoms. The topological polar surface area (TPSA) is 46.0 Å². The molecule has 106 valence electrons. The Bertz CT molecular complexity index is 392. The van der Waals surface area contributed by atoms with Crippen LogP contribution in [0.1, 0.15) is 38.4 Å². The number of rotatable bonds is 7. The Morgan fingerprint density at radius 3 is 2.95 bits per heavy atom. The fourth-order valence-corrected chi connectivity index (χ4v) is 2.97. The molecule has 5 heteroatoms. The number of hydrogen-bond donors (Lipinski definition) is 1. The van der Waals surface area contributed by atoms with E-state index >= 15 is 0 Å². The van der Waals surface area contributed by atoms with Crippen molar-refractivity contribution in [3.8, 4) is 0 Å². The van der Waals surface area contributed by atoms with Crippen molar-refractivity contribution in [2.45, 2.75) is 51.7 Å². The maximum atomic E-state index is 4.42. The largest absolute Gasteiger partial charge is 0.313 e. The average Bonchev–Trinajstić information content (AvgIpc) is 2.91. The SMILES string of the molecule is CCn1ncnc1CN(CC1CC1)CC1CCCN1.